The summed E-state index contributed by atoms with van der Waals surface area (Å²) in [6.07, 6.45) is 5.91. The second-order valence-corrected chi connectivity index (χ2v) is 7.64. The summed E-state index contributed by atoms with van der Waals surface area (Å²) in [5.41, 5.74) is 2.14. The molecule has 1 amide bonds. The molecule has 2 aromatic heterocycles. The summed E-state index contributed by atoms with van der Waals surface area (Å²) in [6.45, 7) is 4.05. The van der Waals surface area contributed by atoms with Gasteiger partial charge < -0.3 is 9.72 Å². The van der Waals surface area contributed by atoms with Crippen molar-refractivity contribution < 1.29 is 13.2 Å². The molecule has 3 rings (SSSR count). The highest BCUT2D eigenvalue weighted by atomic mass is 32.2. The first kappa shape index (κ1) is 18.8. The van der Waals surface area contributed by atoms with Gasteiger partial charge in [-0.1, -0.05) is 12.1 Å². The minimum absolute atomic E-state index is 0.102. The van der Waals surface area contributed by atoms with Crippen molar-refractivity contribution in [1.82, 2.24) is 19.4 Å². The topological polar surface area (TPSA) is 92.6 Å². The molecule has 0 saturated carbocycles. The van der Waals surface area contributed by atoms with Crippen LogP contribution in [0.4, 0.5) is 0 Å². The number of nitrogens with zero attached hydrogens (tertiary/aromatic N) is 2. The number of aromatic nitrogens is 2. The molecule has 0 aliphatic heterocycles. The Bertz CT molecular complexity index is 1020. The van der Waals surface area contributed by atoms with Gasteiger partial charge in [0, 0.05) is 37.5 Å². The molecule has 0 aliphatic carbocycles. The lowest BCUT2D eigenvalue weighted by Gasteiger charge is -2.07. The van der Waals surface area contributed by atoms with Gasteiger partial charge in [0.25, 0.3) is 5.91 Å². The Hall–Kier alpha value is -2.97. The van der Waals surface area contributed by atoms with E-state index in [1.165, 1.54) is 30.3 Å². The number of rotatable bonds is 8. The van der Waals surface area contributed by atoms with Gasteiger partial charge in [0.15, 0.2) is 0 Å². The Kier molecular flexibility index (Phi) is 5.68. The third-order valence-corrected chi connectivity index (χ3v) is 5.36. The number of nitrogens with one attached hydrogen (secondary N) is 2. The summed E-state index contributed by atoms with van der Waals surface area (Å²) in [7, 11) is -3.59. The average Bonchev–Trinajstić information content (AvgIpc) is 3.09. The molecule has 140 valence electrons. The molecule has 1 aromatic carbocycles. The summed E-state index contributed by atoms with van der Waals surface area (Å²) in [5, 5.41) is 2.82. The van der Waals surface area contributed by atoms with Crippen molar-refractivity contribution in [2.45, 2.75) is 11.3 Å². The van der Waals surface area contributed by atoms with Crippen LogP contribution in [-0.4, -0.2) is 36.8 Å². The molecule has 2 heterocycles. The van der Waals surface area contributed by atoms with Gasteiger partial charge in [0.2, 0.25) is 10.0 Å². The predicted octanol–water partition coefficient (Wildman–Crippen LogP) is 1.77. The highest BCUT2D eigenvalue weighted by molar-refractivity contribution is 7.89. The van der Waals surface area contributed by atoms with Crippen molar-refractivity contribution in [2.75, 3.05) is 13.1 Å². The number of pyridine rings is 1. The number of hydrogen-bond donors (Lipinski definition) is 2. The molecular weight excluding hydrogens is 364 g/mol. The van der Waals surface area contributed by atoms with Gasteiger partial charge in [-0.25, -0.2) is 18.1 Å². The summed E-state index contributed by atoms with van der Waals surface area (Å²) in [6, 6.07) is 11.6. The monoisotopic (exact) mass is 384 g/mol. The SMILES string of the molecule is C=CCNS(=O)(=O)c1ccc(C(=O)NCCc2cn3ccccc3n2)cc1. The maximum Gasteiger partial charge on any atom is 0.251 e. The van der Waals surface area contributed by atoms with Gasteiger partial charge in [0.1, 0.15) is 5.65 Å². The van der Waals surface area contributed by atoms with Crippen LogP contribution in [0.25, 0.3) is 5.65 Å². The van der Waals surface area contributed by atoms with Crippen molar-refractivity contribution >= 4 is 21.6 Å². The molecule has 0 spiro atoms. The molecule has 0 saturated heterocycles. The number of carbonyl (C=O) groups excluding carboxylic acids is 1. The Morgan fingerprint density at radius 2 is 1.96 bits per heavy atom. The van der Waals surface area contributed by atoms with Crippen LogP contribution in [0.2, 0.25) is 0 Å². The molecule has 3 aromatic rings. The quantitative estimate of drug-likeness (QED) is 0.579. The number of imidazole rings is 1. The van der Waals surface area contributed by atoms with E-state index in [0.29, 0.717) is 18.5 Å². The van der Waals surface area contributed by atoms with Crippen LogP contribution in [0.5, 0.6) is 0 Å². The number of hydrogen-bond acceptors (Lipinski definition) is 4. The highest BCUT2D eigenvalue weighted by Gasteiger charge is 2.14. The first-order valence-corrected chi connectivity index (χ1v) is 9.89. The van der Waals surface area contributed by atoms with E-state index in [9.17, 15) is 13.2 Å². The molecule has 0 aliphatic rings. The first-order valence-electron chi connectivity index (χ1n) is 8.41. The van der Waals surface area contributed by atoms with E-state index in [-0.39, 0.29) is 17.3 Å². The van der Waals surface area contributed by atoms with Gasteiger partial charge in [-0.15, -0.1) is 6.58 Å². The number of fused-ring (bicyclic) bond motifs is 1. The number of carbonyl (C=O) groups is 1. The molecule has 8 heteroatoms. The second kappa shape index (κ2) is 8.15. The third kappa shape index (κ3) is 4.60. The smallest absolute Gasteiger partial charge is 0.251 e. The van der Waals surface area contributed by atoms with Crippen molar-refractivity contribution in [2.24, 2.45) is 0 Å². The van der Waals surface area contributed by atoms with Crippen LogP contribution in [0.1, 0.15) is 16.1 Å². The Morgan fingerprint density at radius 1 is 1.19 bits per heavy atom. The van der Waals surface area contributed by atoms with E-state index in [0.717, 1.165) is 11.3 Å². The Morgan fingerprint density at radius 3 is 2.67 bits per heavy atom. The Labute approximate surface area is 157 Å². The van der Waals surface area contributed by atoms with Crippen LogP contribution in [0.3, 0.4) is 0 Å². The van der Waals surface area contributed by atoms with Gasteiger partial charge in [-0.2, -0.15) is 0 Å². The average molecular weight is 384 g/mol. The summed E-state index contributed by atoms with van der Waals surface area (Å²) in [4.78, 5) is 16.8. The van der Waals surface area contributed by atoms with Gasteiger partial charge in [0.05, 0.1) is 10.6 Å². The number of sulfonamides is 1. The van der Waals surface area contributed by atoms with E-state index >= 15 is 0 Å². The minimum atomic E-state index is -3.59. The number of benzene rings is 1. The fourth-order valence-corrected chi connectivity index (χ4v) is 3.55. The fourth-order valence-electron chi connectivity index (χ4n) is 2.55. The summed E-state index contributed by atoms with van der Waals surface area (Å²) < 4.78 is 28.3. The molecule has 0 unspecified atom stereocenters. The van der Waals surface area contributed by atoms with Crippen molar-refractivity contribution in [3.8, 4) is 0 Å². The maximum atomic E-state index is 12.2. The zero-order valence-electron chi connectivity index (χ0n) is 14.6. The van der Waals surface area contributed by atoms with Crippen molar-refractivity contribution in [1.29, 1.82) is 0 Å². The van der Waals surface area contributed by atoms with Crippen LogP contribution in [0, 0.1) is 0 Å². The van der Waals surface area contributed by atoms with E-state index < -0.39 is 10.0 Å². The van der Waals surface area contributed by atoms with E-state index in [1.54, 1.807) is 0 Å². The van der Waals surface area contributed by atoms with Crippen LogP contribution in [0.15, 0.2) is 72.4 Å². The zero-order valence-corrected chi connectivity index (χ0v) is 15.4. The molecular formula is C19H20N4O3S. The van der Waals surface area contributed by atoms with Gasteiger partial charge in [-0.3, -0.25) is 4.79 Å². The molecule has 0 radical (unpaired) electrons. The molecule has 27 heavy (non-hydrogen) atoms. The zero-order chi connectivity index (χ0) is 19.3. The van der Waals surface area contributed by atoms with Crippen LogP contribution in [-0.2, 0) is 16.4 Å². The van der Waals surface area contributed by atoms with Gasteiger partial charge in [-0.05, 0) is 36.4 Å². The van der Waals surface area contributed by atoms with Crippen LogP contribution < -0.4 is 10.0 Å². The standard InChI is InChI=1S/C19H20N4O3S/c1-2-11-21-27(25,26)17-8-6-15(7-9-17)19(24)20-12-10-16-14-23-13-4-3-5-18(23)22-16/h2-9,13-14,21H,1,10-12H2,(H,20,24). The largest absolute Gasteiger partial charge is 0.352 e. The number of amides is 1. The molecule has 7 nitrogen and oxygen atoms in total. The molecule has 2 N–H and O–H groups in total. The maximum absolute atomic E-state index is 12.2. The summed E-state index contributed by atoms with van der Waals surface area (Å²) >= 11 is 0. The predicted molar refractivity (Wildman–Crippen MR) is 103 cm³/mol. The summed E-state index contributed by atoms with van der Waals surface area (Å²) in [5.74, 6) is -0.262. The fraction of sp³-hybridized carbons (Fsp3) is 0.158. The van der Waals surface area contributed by atoms with Crippen molar-refractivity contribution in [3.05, 3.63) is 78.8 Å². The van der Waals surface area contributed by atoms with Gasteiger partial charge >= 0.3 is 0 Å². The molecule has 0 fully saturated rings. The first-order chi connectivity index (χ1) is 13.0. The lowest BCUT2D eigenvalue weighted by atomic mass is 10.2. The highest BCUT2D eigenvalue weighted by Crippen LogP contribution is 2.10. The minimum Gasteiger partial charge on any atom is -0.352 e. The van der Waals surface area contributed by atoms with Crippen molar-refractivity contribution in [3.63, 3.8) is 0 Å². The Balaban J connectivity index is 1.57. The normalized spacial score (nSPS) is 11.4. The lowest BCUT2D eigenvalue weighted by Crippen LogP contribution is -2.26. The molecule has 0 atom stereocenters. The van der Waals surface area contributed by atoms with E-state index in [1.807, 2.05) is 35.0 Å². The third-order valence-electron chi connectivity index (χ3n) is 3.93. The van der Waals surface area contributed by atoms with E-state index in [2.05, 4.69) is 21.6 Å². The lowest BCUT2D eigenvalue weighted by molar-refractivity contribution is 0.0954. The van der Waals surface area contributed by atoms with E-state index in [4.69, 9.17) is 0 Å². The molecule has 0 bridgehead atoms. The van der Waals surface area contributed by atoms with Crippen LogP contribution >= 0.6 is 0 Å². The second-order valence-electron chi connectivity index (χ2n) is 5.87.